The number of halogens is 2. The first-order chi connectivity index (χ1) is 7.90. The van der Waals surface area contributed by atoms with Gasteiger partial charge in [0.15, 0.2) is 0 Å². The first kappa shape index (κ1) is 13.9. The molecule has 1 rings (SSSR count). The summed E-state index contributed by atoms with van der Waals surface area (Å²) in [6, 6.07) is 3.43. The summed E-state index contributed by atoms with van der Waals surface area (Å²) in [5.74, 6) is -0.468. The minimum atomic E-state index is -0.571. The van der Waals surface area contributed by atoms with Gasteiger partial charge in [0.1, 0.15) is 5.82 Å². The second kappa shape index (κ2) is 5.98. The summed E-state index contributed by atoms with van der Waals surface area (Å²) < 4.78 is 12.9. The Balaban J connectivity index is 2.64. The Morgan fingerprint density at radius 3 is 2.71 bits per heavy atom. The van der Waals surface area contributed by atoms with Crippen molar-refractivity contribution in [3.05, 3.63) is 29.0 Å². The van der Waals surface area contributed by atoms with Crippen LogP contribution in [0.15, 0.2) is 18.2 Å². The maximum absolute atomic E-state index is 12.9. The molecule has 5 heteroatoms. The first-order valence-electron chi connectivity index (χ1n) is 5.41. The highest BCUT2D eigenvalue weighted by atomic mass is 35.5. The number of nitrogens with two attached hydrogens (primary N) is 1. The van der Waals surface area contributed by atoms with E-state index in [1.165, 1.54) is 18.2 Å². The maximum atomic E-state index is 12.9. The van der Waals surface area contributed by atoms with Crippen LogP contribution in [-0.4, -0.2) is 11.9 Å². The van der Waals surface area contributed by atoms with Gasteiger partial charge < -0.3 is 11.1 Å². The molecule has 0 heterocycles. The molecule has 0 saturated carbocycles. The molecule has 94 valence electrons. The smallest absolute Gasteiger partial charge is 0.241 e. The predicted molar refractivity (Wildman–Crippen MR) is 67.5 cm³/mol. The molecule has 3 N–H and O–H groups in total. The molecule has 3 nitrogen and oxygen atoms in total. The highest BCUT2D eigenvalue weighted by molar-refractivity contribution is 6.31. The van der Waals surface area contributed by atoms with Crippen LogP contribution in [0.1, 0.15) is 20.3 Å². The summed E-state index contributed by atoms with van der Waals surface area (Å²) in [5, 5.41) is 2.57. The zero-order chi connectivity index (χ0) is 13.0. The lowest BCUT2D eigenvalue weighted by Gasteiger charge is -2.14. The zero-order valence-corrected chi connectivity index (χ0v) is 10.6. The standard InChI is InChI=1S/C12H16ClFN2O/c1-7(2)5-11(15)12(17)16-8-3-4-10(14)9(13)6-8/h3-4,6-7,11H,5,15H2,1-2H3,(H,16,17)/t11-/m0/s1. The highest BCUT2D eigenvalue weighted by Crippen LogP contribution is 2.19. The lowest BCUT2D eigenvalue weighted by molar-refractivity contribution is -0.117. The third-order valence-corrected chi connectivity index (χ3v) is 2.54. The summed E-state index contributed by atoms with van der Waals surface area (Å²) in [6.07, 6.45) is 0.598. The third-order valence-electron chi connectivity index (χ3n) is 2.25. The van der Waals surface area contributed by atoms with E-state index in [4.69, 9.17) is 17.3 Å². The van der Waals surface area contributed by atoms with Gasteiger partial charge in [0.05, 0.1) is 11.1 Å². The Hall–Kier alpha value is -1.13. The third kappa shape index (κ3) is 4.32. The van der Waals surface area contributed by atoms with E-state index in [1.54, 1.807) is 0 Å². The van der Waals surface area contributed by atoms with Gasteiger partial charge in [0.2, 0.25) is 5.91 Å². The van der Waals surface area contributed by atoms with Gasteiger partial charge in [-0.1, -0.05) is 25.4 Å². The van der Waals surface area contributed by atoms with Crippen LogP contribution < -0.4 is 11.1 Å². The normalized spacial score (nSPS) is 12.6. The van der Waals surface area contributed by atoms with Gasteiger partial charge in [-0.2, -0.15) is 0 Å². The summed E-state index contributed by atoms with van der Waals surface area (Å²) in [5.41, 5.74) is 6.16. The van der Waals surface area contributed by atoms with Crippen LogP contribution in [0.5, 0.6) is 0 Å². The number of nitrogens with one attached hydrogen (secondary N) is 1. The van der Waals surface area contributed by atoms with Crippen molar-refractivity contribution >= 4 is 23.2 Å². The Labute approximate surface area is 105 Å². The molecule has 0 bridgehead atoms. The lowest BCUT2D eigenvalue weighted by atomic mass is 10.0. The molecule has 1 aromatic rings. The molecule has 0 spiro atoms. The van der Waals surface area contributed by atoms with Crippen molar-refractivity contribution in [2.75, 3.05) is 5.32 Å². The van der Waals surface area contributed by atoms with Gasteiger partial charge in [0, 0.05) is 5.69 Å². The van der Waals surface area contributed by atoms with Crippen molar-refractivity contribution in [1.29, 1.82) is 0 Å². The van der Waals surface area contributed by atoms with Crippen LogP contribution in [0.25, 0.3) is 0 Å². The Morgan fingerprint density at radius 1 is 1.53 bits per heavy atom. The number of amides is 1. The maximum Gasteiger partial charge on any atom is 0.241 e. The minimum absolute atomic E-state index is 0.0276. The first-order valence-corrected chi connectivity index (χ1v) is 5.79. The second-order valence-corrected chi connectivity index (χ2v) is 4.76. The van der Waals surface area contributed by atoms with Gasteiger partial charge in [-0.05, 0) is 30.5 Å². The molecular formula is C12H16ClFN2O. The fourth-order valence-corrected chi connectivity index (χ4v) is 1.60. The SMILES string of the molecule is CC(C)C[C@H](N)C(=O)Nc1ccc(F)c(Cl)c1. The van der Waals surface area contributed by atoms with E-state index < -0.39 is 11.9 Å². The van der Waals surface area contributed by atoms with Gasteiger partial charge in [0.25, 0.3) is 0 Å². The minimum Gasteiger partial charge on any atom is -0.325 e. The molecule has 1 aromatic carbocycles. The summed E-state index contributed by atoms with van der Waals surface area (Å²) in [6.45, 7) is 3.98. The number of anilines is 1. The van der Waals surface area contributed by atoms with E-state index in [9.17, 15) is 9.18 Å². The van der Waals surface area contributed by atoms with E-state index >= 15 is 0 Å². The number of hydrogen-bond donors (Lipinski definition) is 2. The van der Waals surface area contributed by atoms with Crippen molar-refractivity contribution in [1.82, 2.24) is 0 Å². The van der Waals surface area contributed by atoms with Crippen LogP contribution in [0.2, 0.25) is 5.02 Å². The molecule has 0 unspecified atom stereocenters. The molecule has 0 aliphatic rings. The number of carbonyl (C=O) groups is 1. The average Bonchev–Trinajstić information content (AvgIpc) is 2.22. The molecule has 0 aliphatic carbocycles. The van der Waals surface area contributed by atoms with Crippen molar-refractivity contribution in [2.24, 2.45) is 11.7 Å². The molecule has 0 aliphatic heterocycles. The fourth-order valence-electron chi connectivity index (χ4n) is 1.42. The average molecular weight is 259 g/mol. The Kier molecular flexibility index (Phi) is 4.90. The summed E-state index contributed by atoms with van der Waals surface area (Å²) in [4.78, 5) is 11.7. The Bertz CT molecular complexity index is 409. The van der Waals surface area contributed by atoms with Crippen LogP contribution >= 0.6 is 11.6 Å². The van der Waals surface area contributed by atoms with E-state index in [2.05, 4.69) is 5.32 Å². The van der Waals surface area contributed by atoms with Crippen LogP contribution in [0.3, 0.4) is 0 Å². The summed E-state index contributed by atoms with van der Waals surface area (Å²) in [7, 11) is 0. The van der Waals surface area contributed by atoms with E-state index in [-0.39, 0.29) is 10.9 Å². The molecular weight excluding hydrogens is 243 g/mol. The molecule has 17 heavy (non-hydrogen) atoms. The highest BCUT2D eigenvalue weighted by Gasteiger charge is 2.15. The number of carbonyl (C=O) groups excluding carboxylic acids is 1. The molecule has 1 amide bonds. The monoisotopic (exact) mass is 258 g/mol. The quantitative estimate of drug-likeness (QED) is 0.873. The molecule has 0 saturated heterocycles. The van der Waals surface area contributed by atoms with Gasteiger partial charge in [-0.15, -0.1) is 0 Å². The predicted octanol–water partition coefficient (Wildman–Crippen LogP) is 2.79. The van der Waals surface area contributed by atoms with Gasteiger partial charge in [-0.25, -0.2) is 4.39 Å². The van der Waals surface area contributed by atoms with Gasteiger partial charge in [-0.3, -0.25) is 4.79 Å². The lowest BCUT2D eigenvalue weighted by Crippen LogP contribution is -2.36. The largest absolute Gasteiger partial charge is 0.325 e. The Morgan fingerprint density at radius 2 is 2.18 bits per heavy atom. The molecule has 1 atom stereocenters. The second-order valence-electron chi connectivity index (χ2n) is 4.35. The van der Waals surface area contributed by atoms with E-state index in [0.29, 0.717) is 18.0 Å². The van der Waals surface area contributed by atoms with Crippen molar-refractivity contribution in [3.8, 4) is 0 Å². The fraction of sp³-hybridized carbons (Fsp3) is 0.417. The molecule has 0 radical (unpaired) electrons. The van der Waals surface area contributed by atoms with Crippen molar-refractivity contribution in [2.45, 2.75) is 26.3 Å². The number of rotatable bonds is 4. The molecule has 0 aromatic heterocycles. The van der Waals surface area contributed by atoms with Crippen molar-refractivity contribution < 1.29 is 9.18 Å². The van der Waals surface area contributed by atoms with Crippen LogP contribution in [0.4, 0.5) is 10.1 Å². The van der Waals surface area contributed by atoms with Crippen LogP contribution in [0, 0.1) is 11.7 Å². The topological polar surface area (TPSA) is 55.1 Å². The number of hydrogen-bond acceptors (Lipinski definition) is 2. The van der Waals surface area contributed by atoms with Gasteiger partial charge >= 0.3 is 0 Å². The van der Waals surface area contributed by atoms with Crippen LogP contribution in [-0.2, 0) is 4.79 Å². The molecule has 0 fully saturated rings. The summed E-state index contributed by atoms with van der Waals surface area (Å²) >= 11 is 5.60. The van der Waals surface area contributed by atoms with E-state index in [0.717, 1.165) is 0 Å². The van der Waals surface area contributed by atoms with Crippen molar-refractivity contribution in [3.63, 3.8) is 0 Å². The zero-order valence-electron chi connectivity index (χ0n) is 9.84. The van der Waals surface area contributed by atoms with E-state index in [1.807, 2.05) is 13.8 Å². The number of benzene rings is 1.